The molecule has 3 rings (SSSR count). The van der Waals surface area contributed by atoms with Gasteiger partial charge in [0.2, 0.25) is 0 Å². The van der Waals surface area contributed by atoms with Gasteiger partial charge in [-0.1, -0.05) is 18.2 Å². The van der Waals surface area contributed by atoms with E-state index in [0.29, 0.717) is 31.7 Å². The monoisotopic (exact) mass is 394 g/mol. The molecule has 1 aliphatic rings. The number of carbonyl (C=O) groups is 2. The van der Waals surface area contributed by atoms with Gasteiger partial charge >= 0.3 is 0 Å². The van der Waals surface area contributed by atoms with E-state index in [0.717, 1.165) is 28.9 Å². The largest absolute Gasteiger partial charge is 0.483 e. The second kappa shape index (κ2) is 9.12. The summed E-state index contributed by atoms with van der Waals surface area (Å²) in [5, 5.41) is 0. The number of rotatable bonds is 4. The summed E-state index contributed by atoms with van der Waals surface area (Å²) in [7, 11) is 0. The van der Waals surface area contributed by atoms with Crippen LogP contribution in [-0.4, -0.2) is 54.4 Å². The van der Waals surface area contributed by atoms with Gasteiger partial charge in [0.05, 0.1) is 0 Å². The molecule has 2 aromatic carbocycles. The lowest BCUT2D eigenvalue weighted by Crippen LogP contribution is -2.39. The van der Waals surface area contributed by atoms with Crippen LogP contribution in [0.15, 0.2) is 36.4 Å². The van der Waals surface area contributed by atoms with Gasteiger partial charge in [-0.15, -0.1) is 0 Å². The first-order valence-corrected chi connectivity index (χ1v) is 10.2. The molecular formula is C24H30N2O3. The second-order valence-corrected chi connectivity index (χ2v) is 7.81. The highest BCUT2D eigenvalue weighted by Gasteiger charge is 2.23. The number of aryl methyl sites for hydroxylation is 3. The summed E-state index contributed by atoms with van der Waals surface area (Å²) >= 11 is 0. The molecule has 0 atom stereocenters. The average molecular weight is 395 g/mol. The zero-order chi connectivity index (χ0) is 21.0. The molecule has 2 aromatic rings. The zero-order valence-electron chi connectivity index (χ0n) is 17.8. The molecule has 2 amide bonds. The fraction of sp³-hybridized carbons (Fsp3) is 0.417. The number of ether oxygens (including phenoxy) is 1. The highest BCUT2D eigenvalue weighted by molar-refractivity contribution is 5.94. The van der Waals surface area contributed by atoms with E-state index in [1.54, 1.807) is 4.90 Å². The second-order valence-electron chi connectivity index (χ2n) is 7.81. The van der Waals surface area contributed by atoms with Crippen molar-refractivity contribution in [3.05, 3.63) is 64.2 Å². The summed E-state index contributed by atoms with van der Waals surface area (Å²) in [6, 6.07) is 11.7. The highest BCUT2D eigenvalue weighted by atomic mass is 16.5. The van der Waals surface area contributed by atoms with Crippen molar-refractivity contribution in [3.8, 4) is 5.75 Å². The number of benzene rings is 2. The van der Waals surface area contributed by atoms with Crippen LogP contribution in [0.5, 0.6) is 5.75 Å². The molecule has 1 fully saturated rings. The third kappa shape index (κ3) is 4.97. The molecule has 1 saturated heterocycles. The Morgan fingerprint density at radius 3 is 2.34 bits per heavy atom. The molecule has 0 radical (unpaired) electrons. The summed E-state index contributed by atoms with van der Waals surface area (Å²) < 4.78 is 5.77. The van der Waals surface area contributed by atoms with Crippen molar-refractivity contribution in [2.24, 2.45) is 0 Å². The number of hydrogen-bond acceptors (Lipinski definition) is 3. The minimum Gasteiger partial charge on any atom is -0.483 e. The van der Waals surface area contributed by atoms with Gasteiger partial charge in [0, 0.05) is 31.7 Å². The summed E-state index contributed by atoms with van der Waals surface area (Å²) in [4.78, 5) is 29.2. The molecule has 0 saturated carbocycles. The maximum Gasteiger partial charge on any atom is 0.260 e. The minimum absolute atomic E-state index is 0.0232. The third-order valence-electron chi connectivity index (χ3n) is 5.80. The quantitative estimate of drug-likeness (QED) is 0.795. The first-order chi connectivity index (χ1) is 13.9. The van der Waals surface area contributed by atoms with Crippen LogP contribution >= 0.6 is 0 Å². The van der Waals surface area contributed by atoms with Crippen molar-refractivity contribution in [2.75, 3.05) is 32.8 Å². The summed E-state index contributed by atoms with van der Waals surface area (Å²) in [5.74, 6) is 0.750. The van der Waals surface area contributed by atoms with Gasteiger partial charge in [-0.05, 0) is 74.6 Å². The standard InChI is InChI=1S/C24H30N2O3/c1-17-9-10-21(15-19(17)3)24(28)26-12-6-11-25(13-14-26)23(27)16-29-22-8-5-7-18(2)20(22)4/h5,7-10,15H,6,11-14,16H2,1-4H3. The average Bonchev–Trinajstić information content (AvgIpc) is 2.97. The van der Waals surface area contributed by atoms with Crippen LogP contribution in [0.2, 0.25) is 0 Å². The first-order valence-electron chi connectivity index (χ1n) is 10.2. The van der Waals surface area contributed by atoms with Crippen molar-refractivity contribution < 1.29 is 14.3 Å². The summed E-state index contributed by atoms with van der Waals surface area (Å²) in [6.45, 7) is 10.5. The van der Waals surface area contributed by atoms with Crippen LogP contribution in [0.1, 0.15) is 39.0 Å². The van der Waals surface area contributed by atoms with E-state index in [2.05, 4.69) is 0 Å². The van der Waals surface area contributed by atoms with Crippen LogP contribution in [-0.2, 0) is 4.79 Å². The zero-order valence-corrected chi connectivity index (χ0v) is 17.8. The lowest BCUT2D eigenvalue weighted by molar-refractivity contribution is -0.133. The van der Waals surface area contributed by atoms with Crippen molar-refractivity contribution >= 4 is 11.8 Å². The maximum absolute atomic E-state index is 12.9. The van der Waals surface area contributed by atoms with Gasteiger partial charge in [0.15, 0.2) is 6.61 Å². The van der Waals surface area contributed by atoms with Crippen LogP contribution < -0.4 is 4.74 Å². The fourth-order valence-electron chi connectivity index (χ4n) is 3.54. The molecule has 154 valence electrons. The molecule has 1 aliphatic heterocycles. The Morgan fingerprint density at radius 2 is 1.59 bits per heavy atom. The van der Waals surface area contributed by atoms with Gasteiger partial charge in [-0.3, -0.25) is 9.59 Å². The molecule has 0 aliphatic carbocycles. The van der Waals surface area contributed by atoms with Gasteiger partial charge in [-0.2, -0.15) is 0 Å². The molecule has 5 heteroatoms. The third-order valence-corrected chi connectivity index (χ3v) is 5.80. The van der Waals surface area contributed by atoms with Crippen LogP contribution in [0.25, 0.3) is 0 Å². The predicted octanol–water partition coefficient (Wildman–Crippen LogP) is 3.67. The Balaban J connectivity index is 1.57. The SMILES string of the molecule is Cc1ccc(C(=O)N2CCCN(C(=O)COc3cccc(C)c3C)CC2)cc1C. The Morgan fingerprint density at radius 1 is 0.862 bits per heavy atom. The lowest BCUT2D eigenvalue weighted by atomic mass is 10.1. The van der Waals surface area contributed by atoms with Gasteiger partial charge < -0.3 is 14.5 Å². The molecule has 29 heavy (non-hydrogen) atoms. The Labute approximate surface area is 173 Å². The van der Waals surface area contributed by atoms with E-state index in [-0.39, 0.29) is 18.4 Å². The van der Waals surface area contributed by atoms with Crippen molar-refractivity contribution in [2.45, 2.75) is 34.1 Å². The van der Waals surface area contributed by atoms with Crippen molar-refractivity contribution in [3.63, 3.8) is 0 Å². The van der Waals surface area contributed by atoms with Crippen molar-refractivity contribution in [1.29, 1.82) is 0 Å². The van der Waals surface area contributed by atoms with Crippen LogP contribution in [0, 0.1) is 27.7 Å². The molecule has 5 nitrogen and oxygen atoms in total. The molecule has 0 bridgehead atoms. The topological polar surface area (TPSA) is 49.9 Å². The Kier molecular flexibility index (Phi) is 6.57. The van der Waals surface area contributed by atoms with Crippen molar-refractivity contribution in [1.82, 2.24) is 9.80 Å². The van der Waals surface area contributed by atoms with E-state index in [1.165, 1.54) is 5.56 Å². The van der Waals surface area contributed by atoms with E-state index >= 15 is 0 Å². The fourth-order valence-corrected chi connectivity index (χ4v) is 3.54. The van der Waals surface area contributed by atoms with E-state index < -0.39 is 0 Å². The number of amides is 2. The van der Waals surface area contributed by atoms with Crippen LogP contribution in [0.4, 0.5) is 0 Å². The van der Waals surface area contributed by atoms with Gasteiger partial charge in [-0.25, -0.2) is 0 Å². The molecular weight excluding hydrogens is 364 g/mol. The maximum atomic E-state index is 12.9. The van der Waals surface area contributed by atoms with E-state index in [4.69, 9.17) is 4.74 Å². The van der Waals surface area contributed by atoms with Gasteiger partial charge in [0.25, 0.3) is 11.8 Å². The Bertz CT molecular complexity index is 907. The first kappa shape index (κ1) is 20.9. The number of nitrogens with zero attached hydrogens (tertiary/aromatic N) is 2. The smallest absolute Gasteiger partial charge is 0.260 e. The molecule has 0 unspecified atom stereocenters. The van der Waals surface area contributed by atoms with Gasteiger partial charge in [0.1, 0.15) is 5.75 Å². The lowest BCUT2D eigenvalue weighted by Gasteiger charge is -2.23. The Hall–Kier alpha value is -2.82. The summed E-state index contributed by atoms with van der Waals surface area (Å²) in [5.41, 5.74) is 5.21. The predicted molar refractivity (Wildman–Crippen MR) is 114 cm³/mol. The molecule has 0 aromatic heterocycles. The van der Waals surface area contributed by atoms with Crippen LogP contribution in [0.3, 0.4) is 0 Å². The molecule has 0 N–H and O–H groups in total. The number of carbonyl (C=O) groups excluding carboxylic acids is 2. The summed E-state index contributed by atoms with van der Waals surface area (Å²) in [6.07, 6.45) is 0.770. The molecule has 1 heterocycles. The number of hydrogen-bond donors (Lipinski definition) is 0. The van der Waals surface area contributed by atoms with E-state index in [1.807, 2.05) is 69.0 Å². The molecule has 0 spiro atoms. The highest BCUT2D eigenvalue weighted by Crippen LogP contribution is 2.20. The minimum atomic E-state index is -0.0358. The van der Waals surface area contributed by atoms with E-state index in [9.17, 15) is 9.59 Å². The normalized spacial score (nSPS) is 14.5.